The number of hydrogen-bond donors (Lipinski definition) is 2. The lowest BCUT2D eigenvalue weighted by Gasteiger charge is -2.21. The van der Waals surface area contributed by atoms with Gasteiger partial charge in [0, 0.05) is 17.0 Å². The van der Waals surface area contributed by atoms with E-state index in [-0.39, 0.29) is 5.57 Å². The number of carbonyl (C=O) groups is 1. The molecule has 110 valence electrons. The zero-order valence-electron chi connectivity index (χ0n) is 11.9. The summed E-state index contributed by atoms with van der Waals surface area (Å²) in [6.45, 7) is 0.658. The molecule has 0 saturated carbocycles. The molecule has 0 radical (unpaired) electrons. The van der Waals surface area contributed by atoms with E-state index in [0.29, 0.717) is 12.4 Å². The highest BCUT2D eigenvalue weighted by molar-refractivity contribution is 7.16. The summed E-state index contributed by atoms with van der Waals surface area (Å²) in [4.78, 5) is 13.1. The molecule has 1 aromatic heterocycles. The number of nitriles is 1. The second kappa shape index (κ2) is 5.78. The maximum atomic E-state index is 11.6. The van der Waals surface area contributed by atoms with Gasteiger partial charge in [-0.15, -0.1) is 11.3 Å². The Morgan fingerprint density at radius 1 is 1.29 bits per heavy atom. The van der Waals surface area contributed by atoms with Crippen molar-refractivity contribution in [3.8, 4) is 6.07 Å². The fraction of sp³-hybridized carbons (Fsp3) is 0.467. The van der Waals surface area contributed by atoms with Gasteiger partial charge in [0.2, 0.25) is 0 Å². The van der Waals surface area contributed by atoms with Gasteiger partial charge in [0.15, 0.2) is 5.57 Å². The molecule has 0 aromatic carbocycles. The Bertz CT molecular complexity index is 655. The first-order valence-electron chi connectivity index (χ1n) is 7.11. The van der Waals surface area contributed by atoms with Crippen LogP contribution in [0.4, 0.5) is 5.00 Å². The molecule has 5 nitrogen and oxygen atoms in total. The smallest absolute Gasteiger partial charge is 0.352 e. The van der Waals surface area contributed by atoms with Crippen molar-refractivity contribution in [2.45, 2.75) is 38.6 Å². The first kappa shape index (κ1) is 14.0. The highest BCUT2D eigenvalue weighted by Crippen LogP contribution is 2.39. The number of nitrogens with one attached hydrogen (secondary N) is 2. The Hall–Kier alpha value is -2.00. The first-order valence-corrected chi connectivity index (χ1v) is 7.93. The van der Waals surface area contributed by atoms with Crippen molar-refractivity contribution in [2.75, 3.05) is 12.4 Å². The second-order valence-electron chi connectivity index (χ2n) is 5.20. The summed E-state index contributed by atoms with van der Waals surface area (Å²) < 4.78 is 4.65. The molecular formula is C15H17N3O2S. The van der Waals surface area contributed by atoms with E-state index in [1.165, 1.54) is 42.4 Å². The van der Waals surface area contributed by atoms with Crippen molar-refractivity contribution in [1.29, 1.82) is 5.26 Å². The monoisotopic (exact) mass is 303 g/mol. The molecule has 2 heterocycles. The molecular weight excluding hydrogens is 286 g/mol. The molecule has 6 heteroatoms. The van der Waals surface area contributed by atoms with Crippen LogP contribution in [-0.2, 0) is 28.9 Å². The number of methoxy groups -OCH3 is 1. The Balaban J connectivity index is 1.95. The molecule has 2 aliphatic rings. The molecule has 0 spiro atoms. The number of hydrogen-bond acceptors (Lipinski definition) is 6. The largest absolute Gasteiger partial charge is 0.465 e. The second-order valence-corrected chi connectivity index (χ2v) is 6.31. The van der Waals surface area contributed by atoms with Crippen molar-refractivity contribution in [1.82, 2.24) is 5.32 Å². The number of rotatable bonds is 1. The van der Waals surface area contributed by atoms with Crippen LogP contribution in [0, 0.1) is 11.3 Å². The van der Waals surface area contributed by atoms with Gasteiger partial charge in [0.1, 0.15) is 11.9 Å². The fourth-order valence-corrected chi connectivity index (χ4v) is 4.20. The Morgan fingerprint density at radius 3 is 2.86 bits per heavy atom. The van der Waals surface area contributed by atoms with Crippen LogP contribution in [0.2, 0.25) is 0 Å². The number of nitrogens with zero attached hydrogens (tertiary/aromatic N) is 1. The van der Waals surface area contributed by atoms with E-state index < -0.39 is 5.97 Å². The van der Waals surface area contributed by atoms with Gasteiger partial charge in [-0.3, -0.25) is 0 Å². The molecule has 1 aliphatic heterocycles. The lowest BCUT2D eigenvalue weighted by Crippen LogP contribution is -2.28. The molecule has 0 bridgehead atoms. The van der Waals surface area contributed by atoms with E-state index in [1.54, 1.807) is 11.3 Å². The quantitative estimate of drug-likeness (QED) is 0.361. The maximum Gasteiger partial charge on any atom is 0.352 e. The molecule has 0 unspecified atom stereocenters. The third kappa shape index (κ3) is 2.49. The van der Waals surface area contributed by atoms with Gasteiger partial charge in [-0.2, -0.15) is 5.26 Å². The van der Waals surface area contributed by atoms with Crippen LogP contribution >= 0.6 is 11.3 Å². The van der Waals surface area contributed by atoms with Gasteiger partial charge in [-0.1, -0.05) is 6.42 Å². The number of carbonyl (C=O) groups excluding carboxylic acids is 1. The molecule has 0 fully saturated rings. The van der Waals surface area contributed by atoms with Crippen LogP contribution < -0.4 is 10.6 Å². The fourth-order valence-electron chi connectivity index (χ4n) is 2.89. The van der Waals surface area contributed by atoms with Gasteiger partial charge >= 0.3 is 5.97 Å². The third-order valence-electron chi connectivity index (χ3n) is 3.96. The van der Waals surface area contributed by atoms with Crippen molar-refractivity contribution >= 4 is 22.3 Å². The molecule has 3 rings (SSSR count). The van der Waals surface area contributed by atoms with Crippen molar-refractivity contribution in [3.05, 3.63) is 27.4 Å². The highest BCUT2D eigenvalue weighted by Gasteiger charge is 2.26. The Labute approximate surface area is 127 Å². The van der Waals surface area contributed by atoms with Gasteiger partial charge in [-0.25, -0.2) is 4.79 Å². The summed E-state index contributed by atoms with van der Waals surface area (Å²) in [7, 11) is 1.28. The summed E-state index contributed by atoms with van der Waals surface area (Å²) in [6, 6.07) is 1.91. The van der Waals surface area contributed by atoms with E-state index in [0.717, 1.165) is 17.8 Å². The van der Waals surface area contributed by atoms with E-state index in [2.05, 4.69) is 15.4 Å². The number of aryl methyl sites for hydroxylation is 1. The van der Waals surface area contributed by atoms with Crippen LogP contribution in [0.1, 0.15) is 35.3 Å². The normalized spacial score (nSPS) is 19.0. The summed E-state index contributed by atoms with van der Waals surface area (Å²) in [5, 5.41) is 16.6. The minimum absolute atomic E-state index is 0.00764. The van der Waals surface area contributed by atoms with Crippen molar-refractivity contribution in [3.63, 3.8) is 0 Å². The first-order chi connectivity index (χ1) is 10.2. The van der Waals surface area contributed by atoms with Gasteiger partial charge in [0.05, 0.1) is 12.1 Å². The molecule has 1 aliphatic carbocycles. The lowest BCUT2D eigenvalue weighted by molar-refractivity contribution is -0.135. The number of fused-ring (bicyclic) bond motifs is 3. The van der Waals surface area contributed by atoms with E-state index in [9.17, 15) is 4.79 Å². The zero-order valence-corrected chi connectivity index (χ0v) is 12.7. The van der Waals surface area contributed by atoms with Crippen LogP contribution in [-0.4, -0.2) is 13.1 Å². The average molecular weight is 303 g/mol. The molecule has 21 heavy (non-hydrogen) atoms. The third-order valence-corrected chi connectivity index (χ3v) is 5.21. The van der Waals surface area contributed by atoms with Crippen molar-refractivity contribution in [2.24, 2.45) is 0 Å². The highest BCUT2D eigenvalue weighted by atomic mass is 32.1. The predicted molar refractivity (Wildman–Crippen MR) is 80.7 cm³/mol. The van der Waals surface area contributed by atoms with E-state index >= 15 is 0 Å². The van der Waals surface area contributed by atoms with Gasteiger partial charge < -0.3 is 15.4 Å². The minimum atomic E-state index is -0.617. The van der Waals surface area contributed by atoms with Gasteiger partial charge in [0.25, 0.3) is 0 Å². The molecule has 2 N–H and O–H groups in total. The maximum absolute atomic E-state index is 11.6. The zero-order chi connectivity index (χ0) is 14.8. The SMILES string of the molecule is COC(=O)/C(C#N)=C1\NCc2c(sc3c2CCCCC3)N1. The van der Waals surface area contributed by atoms with Crippen LogP contribution in [0.3, 0.4) is 0 Å². The standard InChI is InChI=1S/C15H17N3O2S/c1-20-15(19)10(7-16)13-17-8-11-9-5-3-2-4-6-12(9)21-14(11)18-13/h17-18H,2-6,8H2,1H3/b13-10+. The number of ether oxygens (including phenoxy) is 1. The summed E-state index contributed by atoms with van der Waals surface area (Å²) in [5.41, 5.74) is 2.75. The lowest BCUT2D eigenvalue weighted by atomic mass is 10.0. The Kier molecular flexibility index (Phi) is 3.84. The number of thiophene rings is 1. The van der Waals surface area contributed by atoms with E-state index in [1.807, 2.05) is 6.07 Å². The number of anilines is 1. The minimum Gasteiger partial charge on any atom is -0.465 e. The summed E-state index contributed by atoms with van der Waals surface area (Å²) >= 11 is 1.76. The summed E-state index contributed by atoms with van der Waals surface area (Å²) in [6.07, 6.45) is 6.04. The molecule has 0 saturated heterocycles. The average Bonchev–Trinajstić information content (AvgIpc) is 2.68. The molecule has 0 atom stereocenters. The Morgan fingerprint density at radius 2 is 2.10 bits per heavy atom. The predicted octanol–water partition coefficient (Wildman–Crippen LogP) is 2.44. The van der Waals surface area contributed by atoms with Crippen molar-refractivity contribution < 1.29 is 9.53 Å². The van der Waals surface area contributed by atoms with Crippen LogP contribution in [0.5, 0.6) is 0 Å². The topological polar surface area (TPSA) is 74.2 Å². The molecule has 1 aromatic rings. The van der Waals surface area contributed by atoms with Gasteiger partial charge in [-0.05, 0) is 31.2 Å². The number of esters is 1. The molecule has 0 amide bonds. The van der Waals surface area contributed by atoms with Crippen LogP contribution in [0.25, 0.3) is 0 Å². The van der Waals surface area contributed by atoms with Crippen LogP contribution in [0.15, 0.2) is 11.4 Å². The van der Waals surface area contributed by atoms with E-state index in [4.69, 9.17) is 5.26 Å². The summed E-state index contributed by atoms with van der Waals surface area (Å²) in [5.74, 6) is -0.165.